The fourth-order valence-corrected chi connectivity index (χ4v) is 2.15. The van der Waals surface area contributed by atoms with E-state index in [0.717, 1.165) is 5.92 Å². The fourth-order valence-electron chi connectivity index (χ4n) is 2.15. The molecule has 1 fully saturated rings. The van der Waals surface area contributed by atoms with Crippen LogP contribution in [-0.2, 0) is 0 Å². The first-order valence-electron chi connectivity index (χ1n) is 5.52. The third kappa shape index (κ3) is 1.69. The number of aliphatic hydroxyl groups excluding tert-OH is 1. The van der Waals surface area contributed by atoms with Gasteiger partial charge >= 0.3 is 0 Å². The summed E-state index contributed by atoms with van der Waals surface area (Å²) >= 11 is 0. The summed E-state index contributed by atoms with van der Waals surface area (Å²) in [5, 5.41) is 9.19. The fraction of sp³-hybridized carbons (Fsp3) is 0.538. The van der Waals surface area contributed by atoms with E-state index in [1.807, 2.05) is 0 Å². The van der Waals surface area contributed by atoms with Gasteiger partial charge in [-0.15, -0.1) is 0 Å². The van der Waals surface area contributed by atoms with E-state index in [9.17, 15) is 5.11 Å². The predicted molar refractivity (Wildman–Crippen MR) is 58.5 cm³/mol. The third-order valence-corrected chi connectivity index (χ3v) is 3.35. The average Bonchev–Trinajstić information content (AvgIpc) is 2.15. The molecule has 0 aliphatic heterocycles. The smallest absolute Gasteiger partial charge is 0.0497 e. The molecule has 0 heterocycles. The Morgan fingerprint density at radius 2 is 2.07 bits per heavy atom. The molecule has 76 valence electrons. The van der Waals surface area contributed by atoms with Gasteiger partial charge in [0.05, 0.1) is 0 Å². The van der Waals surface area contributed by atoms with Gasteiger partial charge in [0.2, 0.25) is 0 Å². The van der Waals surface area contributed by atoms with Gasteiger partial charge in [-0.3, -0.25) is 0 Å². The van der Waals surface area contributed by atoms with Crippen molar-refractivity contribution in [3.63, 3.8) is 0 Å². The minimum atomic E-state index is 0.254. The van der Waals surface area contributed by atoms with Crippen LogP contribution in [0.1, 0.15) is 49.1 Å². The van der Waals surface area contributed by atoms with Gasteiger partial charge in [-0.1, -0.05) is 37.6 Å². The van der Waals surface area contributed by atoms with E-state index >= 15 is 0 Å². The molecule has 0 radical (unpaired) electrons. The molecule has 0 aromatic heterocycles. The maximum Gasteiger partial charge on any atom is 0.0497 e. The summed E-state index contributed by atoms with van der Waals surface area (Å²) in [5.41, 5.74) is 2.82. The predicted octanol–water partition coefficient (Wildman–Crippen LogP) is 3.05. The molecule has 2 rings (SSSR count). The first kappa shape index (κ1) is 9.72. The molecule has 1 aromatic carbocycles. The Morgan fingerprint density at radius 3 is 2.64 bits per heavy atom. The topological polar surface area (TPSA) is 20.2 Å². The second-order valence-electron chi connectivity index (χ2n) is 4.34. The lowest BCUT2D eigenvalue weighted by molar-refractivity contribution is 0.271. The maximum absolute atomic E-state index is 9.19. The lowest BCUT2D eigenvalue weighted by Gasteiger charge is -2.29. The lowest BCUT2D eigenvalue weighted by atomic mass is 9.76. The van der Waals surface area contributed by atoms with E-state index in [2.05, 4.69) is 31.2 Å². The second kappa shape index (κ2) is 4.14. The van der Waals surface area contributed by atoms with E-state index in [1.54, 1.807) is 0 Å². The zero-order chi connectivity index (χ0) is 9.97. The zero-order valence-corrected chi connectivity index (χ0v) is 8.74. The van der Waals surface area contributed by atoms with Gasteiger partial charge in [0.1, 0.15) is 0 Å². The van der Waals surface area contributed by atoms with Crippen LogP contribution in [-0.4, -0.2) is 11.7 Å². The van der Waals surface area contributed by atoms with E-state index in [0.29, 0.717) is 0 Å². The van der Waals surface area contributed by atoms with Crippen LogP contribution in [0.15, 0.2) is 24.3 Å². The number of aliphatic hydroxyl groups is 1. The van der Waals surface area contributed by atoms with E-state index < -0.39 is 0 Å². The third-order valence-electron chi connectivity index (χ3n) is 3.35. The second-order valence-corrected chi connectivity index (χ2v) is 4.34. The summed E-state index contributed by atoms with van der Waals surface area (Å²) < 4.78 is 0. The molecule has 1 aliphatic carbocycles. The molecule has 1 aliphatic rings. The van der Waals surface area contributed by atoms with Crippen molar-refractivity contribution in [2.75, 3.05) is 6.61 Å². The highest BCUT2D eigenvalue weighted by atomic mass is 16.3. The van der Waals surface area contributed by atoms with Crippen LogP contribution in [0.25, 0.3) is 0 Å². The standard InChI is InChI=1S/C13H18O/c1-10(9-14)12-7-2-3-8-13(12)11-5-4-6-11/h2-3,7-8,10-11,14H,4-6,9H2,1H3. The number of hydrogen-bond acceptors (Lipinski definition) is 1. The van der Waals surface area contributed by atoms with Gasteiger partial charge in [0.25, 0.3) is 0 Å². The van der Waals surface area contributed by atoms with Gasteiger partial charge in [0.15, 0.2) is 0 Å². The van der Waals surface area contributed by atoms with Crippen LogP contribution >= 0.6 is 0 Å². The Morgan fingerprint density at radius 1 is 1.36 bits per heavy atom. The SMILES string of the molecule is CC(CO)c1ccccc1C1CCC1. The summed E-state index contributed by atoms with van der Waals surface area (Å²) in [6, 6.07) is 8.57. The molecule has 14 heavy (non-hydrogen) atoms. The number of benzene rings is 1. The molecule has 1 aromatic rings. The minimum Gasteiger partial charge on any atom is -0.396 e. The minimum absolute atomic E-state index is 0.254. The van der Waals surface area contributed by atoms with Gasteiger partial charge in [0, 0.05) is 12.5 Å². The van der Waals surface area contributed by atoms with Gasteiger partial charge < -0.3 is 5.11 Å². The summed E-state index contributed by atoms with van der Waals surface area (Å²) in [4.78, 5) is 0. The Bertz CT molecular complexity index is 278. The molecule has 0 bridgehead atoms. The molecule has 0 amide bonds. The molecule has 1 N–H and O–H groups in total. The molecule has 1 atom stereocenters. The zero-order valence-electron chi connectivity index (χ0n) is 8.74. The summed E-state index contributed by atoms with van der Waals surface area (Å²) in [6.45, 7) is 2.35. The Labute approximate surface area is 85.8 Å². The van der Waals surface area contributed by atoms with Crippen molar-refractivity contribution in [3.05, 3.63) is 35.4 Å². The van der Waals surface area contributed by atoms with Gasteiger partial charge in [-0.2, -0.15) is 0 Å². The summed E-state index contributed by atoms with van der Waals surface area (Å²) in [6.07, 6.45) is 4.02. The van der Waals surface area contributed by atoms with Crippen molar-refractivity contribution < 1.29 is 5.11 Å². The van der Waals surface area contributed by atoms with Crippen molar-refractivity contribution in [1.82, 2.24) is 0 Å². The Kier molecular flexibility index (Phi) is 2.87. The molecule has 1 saturated carbocycles. The maximum atomic E-state index is 9.19. The van der Waals surface area contributed by atoms with Crippen LogP contribution < -0.4 is 0 Å². The van der Waals surface area contributed by atoms with Crippen molar-refractivity contribution in [3.8, 4) is 0 Å². The molecule has 0 saturated heterocycles. The van der Waals surface area contributed by atoms with Crippen molar-refractivity contribution in [2.45, 2.75) is 38.0 Å². The highest BCUT2D eigenvalue weighted by Gasteiger charge is 2.23. The monoisotopic (exact) mass is 190 g/mol. The van der Waals surface area contributed by atoms with Crippen molar-refractivity contribution >= 4 is 0 Å². The van der Waals surface area contributed by atoms with Crippen molar-refractivity contribution in [2.24, 2.45) is 0 Å². The lowest BCUT2D eigenvalue weighted by Crippen LogP contribution is -2.13. The van der Waals surface area contributed by atoms with Crippen molar-refractivity contribution in [1.29, 1.82) is 0 Å². The Hall–Kier alpha value is -0.820. The van der Waals surface area contributed by atoms with Crippen LogP contribution in [0.3, 0.4) is 0 Å². The van der Waals surface area contributed by atoms with Crippen LogP contribution in [0.2, 0.25) is 0 Å². The normalized spacial score (nSPS) is 19.0. The molecular formula is C13H18O. The summed E-state index contributed by atoms with van der Waals surface area (Å²) in [5.74, 6) is 1.05. The van der Waals surface area contributed by atoms with E-state index in [-0.39, 0.29) is 12.5 Å². The van der Waals surface area contributed by atoms with Gasteiger partial charge in [-0.25, -0.2) is 0 Å². The quantitative estimate of drug-likeness (QED) is 0.776. The van der Waals surface area contributed by atoms with Crippen LogP contribution in [0, 0.1) is 0 Å². The number of rotatable bonds is 3. The largest absolute Gasteiger partial charge is 0.396 e. The van der Waals surface area contributed by atoms with E-state index in [1.165, 1.54) is 30.4 Å². The molecule has 1 heteroatoms. The molecule has 1 nitrogen and oxygen atoms in total. The van der Waals surface area contributed by atoms with Crippen LogP contribution in [0.4, 0.5) is 0 Å². The number of hydrogen-bond donors (Lipinski definition) is 1. The molecule has 1 unspecified atom stereocenters. The van der Waals surface area contributed by atoms with Gasteiger partial charge in [-0.05, 0) is 29.9 Å². The highest BCUT2D eigenvalue weighted by Crippen LogP contribution is 2.39. The summed E-state index contributed by atoms with van der Waals surface area (Å²) in [7, 11) is 0. The van der Waals surface area contributed by atoms with E-state index in [4.69, 9.17) is 0 Å². The molecular weight excluding hydrogens is 172 g/mol. The highest BCUT2D eigenvalue weighted by molar-refractivity contribution is 5.34. The first-order valence-corrected chi connectivity index (χ1v) is 5.52. The molecule has 0 spiro atoms. The average molecular weight is 190 g/mol. The first-order chi connectivity index (χ1) is 6.83. The Balaban J connectivity index is 2.27. The van der Waals surface area contributed by atoms with Crippen LogP contribution in [0.5, 0.6) is 0 Å².